The van der Waals surface area contributed by atoms with E-state index in [0.717, 1.165) is 22.7 Å². The number of imidazole rings is 1. The van der Waals surface area contributed by atoms with Crippen molar-refractivity contribution in [1.29, 1.82) is 0 Å². The molecule has 34 heavy (non-hydrogen) atoms. The van der Waals surface area contributed by atoms with Gasteiger partial charge in [0.15, 0.2) is 10.1 Å². The molecule has 3 atom stereocenters. The van der Waals surface area contributed by atoms with Crippen LogP contribution < -0.4 is 15.8 Å². The molecule has 1 saturated carbocycles. The molecule has 4 aromatic rings. The van der Waals surface area contributed by atoms with E-state index in [1.54, 1.807) is 27.6 Å². The quantitative estimate of drug-likeness (QED) is 0.435. The van der Waals surface area contributed by atoms with Crippen LogP contribution in [0.15, 0.2) is 42.0 Å². The first-order valence-electron chi connectivity index (χ1n) is 10.7. The molecule has 1 aromatic carbocycles. The fourth-order valence-corrected chi connectivity index (χ4v) is 6.11. The van der Waals surface area contributed by atoms with E-state index in [1.807, 2.05) is 5.38 Å². The van der Waals surface area contributed by atoms with Crippen molar-refractivity contribution in [2.75, 3.05) is 18.8 Å². The van der Waals surface area contributed by atoms with E-state index in [4.69, 9.17) is 10.5 Å². The Morgan fingerprint density at radius 3 is 3.09 bits per heavy atom. The zero-order chi connectivity index (χ0) is 23.4. The van der Waals surface area contributed by atoms with Crippen LogP contribution in [0.2, 0.25) is 0 Å². The summed E-state index contributed by atoms with van der Waals surface area (Å²) in [5.41, 5.74) is 6.69. The summed E-state index contributed by atoms with van der Waals surface area (Å²) in [6.45, 7) is 0.843. The minimum atomic E-state index is -0.608. The molecular formula is C22H19FN6O3S2. The largest absolute Gasteiger partial charge is 0.414 e. The van der Waals surface area contributed by atoms with Crippen LogP contribution in [-0.2, 0) is 0 Å². The molecule has 174 valence electrons. The Labute approximate surface area is 201 Å². The average Bonchev–Trinajstić information content (AvgIpc) is 3.20. The molecule has 2 fully saturated rings. The third-order valence-electron chi connectivity index (χ3n) is 6.26. The lowest BCUT2D eigenvalue weighted by atomic mass is 10.1. The maximum Gasteiger partial charge on any atom is 0.414 e. The van der Waals surface area contributed by atoms with Crippen molar-refractivity contribution < 1.29 is 18.7 Å². The first-order valence-corrected chi connectivity index (χ1v) is 12.4. The highest BCUT2D eigenvalue weighted by atomic mass is 32.1. The smallest absolute Gasteiger partial charge is 0.391 e. The molecular weight excluding hydrogens is 479 g/mol. The zero-order valence-corrected chi connectivity index (χ0v) is 19.3. The van der Waals surface area contributed by atoms with E-state index < -0.39 is 11.9 Å². The van der Waals surface area contributed by atoms with E-state index in [0.29, 0.717) is 34.7 Å². The van der Waals surface area contributed by atoms with E-state index in [1.165, 1.54) is 29.7 Å². The highest BCUT2D eigenvalue weighted by Gasteiger charge is 2.54. The van der Waals surface area contributed by atoms with Crippen LogP contribution in [-0.4, -0.2) is 50.4 Å². The summed E-state index contributed by atoms with van der Waals surface area (Å²) in [5, 5.41) is 4.88. The van der Waals surface area contributed by atoms with E-state index in [2.05, 4.69) is 15.3 Å². The van der Waals surface area contributed by atoms with Gasteiger partial charge in [0.1, 0.15) is 11.5 Å². The minimum absolute atomic E-state index is 0.181. The van der Waals surface area contributed by atoms with Crippen LogP contribution in [0, 0.1) is 17.7 Å². The average molecular weight is 499 g/mol. The van der Waals surface area contributed by atoms with Gasteiger partial charge in [0.2, 0.25) is 5.88 Å². The summed E-state index contributed by atoms with van der Waals surface area (Å²) in [6.07, 6.45) is 3.67. The lowest BCUT2D eigenvalue weighted by Crippen LogP contribution is -2.46. The highest BCUT2D eigenvalue weighted by Crippen LogP contribution is 2.50. The fraction of sp³-hybridized carbons (Fsp3) is 0.273. The number of likely N-dealkylation sites (tertiary alicyclic amines) is 1. The third kappa shape index (κ3) is 3.68. The maximum absolute atomic E-state index is 13.8. The molecule has 0 unspecified atom stereocenters. The molecule has 1 aliphatic carbocycles. The number of hydrogen-bond acceptors (Lipinski definition) is 8. The number of nitrogens with two attached hydrogens (primary N) is 1. The monoisotopic (exact) mass is 498 g/mol. The molecule has 2 amide bonds. The summed E-state index contributed by atoms with van der Waals surface area (Å²) in [7, 11) is 0. The molecule has 6 rings (SSSR count). The Morgan fingerprint density at radius 2 is 2.24 bits per heavy atom. The molecule has 0 spiro atoms. The number of thiazole rings is 2. The van der Waals surface area contributed by atoms with Gasteiger partial charge < -0.3 is 20.7 Å². The van der Waals surface area contributed by atoms with Crippen LogP contribution in [0.5, 0.6) is 5.88 Å². The molecule has 1 aliphatic heterocycles. The van der Waals surface area contributed by atoms with Crippen molar-refractivity contribution >= 4 is 44.8 Å². The number of fused-ring (bicyclic) bond motifs is 2. The number of ether oxygens (including phenoxy) is 1. The molecule has 4 heterocycles. The predicted molar refractivity (Wildman–Crippen MR) is 125 cm³/mol. The number of carbonyl (C=O) groups excluding carboxylic acids is 2. The van der Waals surface area contributed by atoms with E-state index in [9.17, 15) is 14.0 Å². The number of amides is 2. The molecule has 9 nitrogen and oxygen atoms in total. The van der Waals surface area contributed by atoms with Gasteiger partial charge in [-0.25, -0.2) is 19.2 Å². The second-order valence-corrected chi connectivity index (χ2v) is 10.3. The number of hydrogen-bond donors (Lipinski definition) is 2. The number of rotatable bonds is 5. The minimum Gasteiger partial charge on any atom is -0.391 e. The SMILES string of the molecule is Nc1nc(C(=O)N2C[C@@H]3C[C@@H]3[C@H]2CNC(=O)Oc2cnc3sccn23)c(-c2cccc(F)c2)s1. The summed E-state index contributed by atoms with van der Waals surface area (Å²) >= 11 is 2.59. The topological polar surface area (TPSA) is 115 Å². The summed E-state index contributed by atoms with van der Waals surface area (Å²) in [4.78, 5) is 37.4. The van der Waals surface area contributed by atoms with Crippen molar-refractivity contribution in [3.05, 3.63) is 53.6 Å². The number of piperidine rings is 1. The molecule has 12 heteroatoms. The van der Waals surface area contributed by atoms with Crippen LogP contribution in [0.1, 0.15) is 16.9 Å². The highest BCUT2D eigenvalue weighted by molar-refractivity contribution is 7.19. The van der Waals surface area contributed by atoms with Gasteiger partial charge in [-0.05, 0) is 36.0 Å². The Kier molecular flexibility index (Phi) is 4.99. The summed E-state index contributed by atoms with van der Waals surface area (Å²) < 4.78 is 20.9. The van der Waals surface area contributed by atoms with Gasteiger partial charge in [-0.2, -0.15) is 0 Å². The molecule has 0 radical (unpaired) electrons. The van der Waals surface area contributed by atoms with Crippen molar-refractivity contribution in [2.45, 2.75) is 12.5 Å². The van der Waals surface area contributed by atoms with Crippen LogP contribution in [0.25, 0.3) is 15.4 Å². The normalized spacial score (nSPS) is 21.0. The maximum atomic E-state index is 13.8. The lowest BCUT2D eigenvalue weighted by Gasteiger charge is -2.27. The Balaban J connectivity index is 1.18. The first kappa shape index (κ1) is 21.1. The van der Waals surface area contributed by atoms with Crippen LogP contribution in [0.4, 0.5) is 14.3 Å². The van der Waals surface area contributed by atoms with E-state index in [-0.39, 0.29) is 29.3 Å². The third-order valence-corrected chi connectivity index (χ3v) is 7.97. The number of benzene rings is 1. The van der Waals surface area contributed by atoms with Gasteiger partial charge in [0.25, 0.3) is 5.91 Å². The molecule has 3 aromatic heterocycles. The number of nitrogens with one attached hydrogen (secondary N) is 1. The molecule has 3 N–H and O–H groups in total. The Hall–Kier alpha value is -3.51. The fourth-order valence-electron chi connectivity index (χ4n) is 4.61. The van der Waals surface area contributed by atoms with Crippen molar-refractivity contribution in [1.82, 2.24) is 24.6 Å². The Bertz CT molecular complexity index is 1410. The van der Waals surface area contributed by atoms with Gasteiger partial charge in [-0.15, -0.1) is 11.3 Å². The first-order chi connectivity index (χ1) is 16.5. The number of nitrogens with zero attached hydrogens (tertiary/aromatic N) is 4. The molecule has 0 bridgehead atoms. The number of aromatic nitrogens is 3. The predicted octanol–water partition coefficient (Wildman–Crippen LogP) is 3.49. The molecule has 1 saturated heterocycles. The second-order valence-electron chi connectivity index (χ2n) is 8.35. The number of nitrogen functional groups attached to an aromatic ring is 1. The number of anilines is 1. The summed E-state index contributed by atoms with van der Waals surface area (Å²) in [6, 6.07) is 5.84. The van der Waals surface area contributed by atoms with Crippen molar-refractivity contribution in [3.8, 4) is 16.3 Å². The lowest BCUT2D eigenvalue weighted by molar-refractivity contribution is 0.0700. The van der Waals surface area contributed by atoms with Crippen molar-refractivity contribution in [3.63, 3.8) is 0 Å². The van der Waals surface area contributed by atoms with Gasteiger partial charge in [-0.3, -0.25) is 9.20 Å². The van der Waals surface area contributed by atoms with Crippen molar-refractivity contribution in [2.24, 2.45) is 11.8 Å². The number of halogens is 1. The Morgan fingerprint density at radius 1 is 1.35 bits per heavy atom. The number of carbonyl (C=O) groups is 2. The van der Waals surface area contributed by atoms with Gasteiger partial charge in [0.05, 0.1) is 17.1 Å². The summed E-state index contributed by atoms with van der Waals surface area (Å²) in [5.74, 6) is 0.381. The van der Waals surface area contributed by atoms with E-state index >= 15 is 0 Å². The molecule has 2 aliphatic rings. The zero-order valence-electron chi connectivity index (χ0n) is 17.7. The van der Waals surface area contributed by atoms with Gasteiger partial charge in [-0.1, -0.05) is 23.5 Å². The van der Waals surface area contributed by atoms with Crippen LogP contribution in [0.3, 0.4) is 0 Å². The second kappa shape index (κ2) is 8.06. The van der Waals surface area contributed by atoms with Gasteiger partial charge in [0, 0.05) is 24.7 Å². The van der Waals surface area contributed by atoms with Crippen LogP contribution >= 0.6 is 22.7 Å². The van der Waals surface area contributed by atoms with Gasteiger partial charge >= 0.3 is 6.09 Å². The standard InChI is InChI=1S/C22H19FN6O3S2/c23-13-3-1-2-11(6-13)18-17(27-20(24)34-18)19(30)29-10-12-7-14(12)15(29)8-26-22(31)32-16-9-25-21-28(16)4-5-33-21/h1-6,9,12,14-15H,7-8,10H2,(H2,24,27)(H,26,31)/t12-,14-,15+/m0/s1.